The van der Waals surface area contributed by atoms with Crippen LogP contribution in [0.3, 0.4) is 0 Å². The van der Waals surface area contributed by atoms with Gasteiger partial charge in [0, 0.05) is 18.4 Å². The Morgan fingerprint density at radius 3 is 2.75 bits per heavy atom. The number of hydrogen-bond acceptors (Lipinski definition) is 2. The monoisotopic (exact) mass is 258 g/mol. The fraction of sp³-hybridized carbons (Fsp3) is 0.417. The summed E-state index contributed by atoms with van der Waals surface area (Å²) in [5, 5.41) is 1.04. The van der Waals surface area contributed by atoms with Gasteiger partial charge < -0.3 is 4.74 Å². The van der Waals surface area contributed by atoms with E-state index in [0.717, 1.165) is 11.1 Å². The summed E-state index contributed by atoms with van der Waals surface area (Å²) in [5.74, 6) is 0.212. The van der Waals surface area contributed by atoms with E-state index in [1.807, 2.05) is 19.1 Å². The van der Waals surface area contributed by atoms with Gasteiger partial charge in [0.1, 0.15) is 5.78 Å². The Labute approximate surface area is 104 Å². The molecule has 1 aliphatic rings. The van der Waals surface area contributed by atoms with Crippen LogP contribution in [0.25, 0.3) is 0 Å². The average Bonchev–Trinajstić information content (AvgIpc) is 2.26. The van der Waals surface area contributed by atoms with Crippen molar-refractivity contribution in [3.8, 4) is 0 Å². The number of benzene rings is 1. The number of carbonyl (C=O) groups is 1. The van der Waals surface area contributed by atoms with E-state index in [1.165, 1.54) is 0 Å². The molecule has 1 aliphatic heterocycles. The highest BCUT2D eigenvalue weighted by molar-refractivity contribution is 6.43. The van der Waals surface area contributed by atoms with Gasteiger partial charge in [-0.25, -0.2) is 0 Å². The van der Waals surface area contributed by atoms with E-state index >= 15 is 0 Å². The van der Waals surface area contributed by atoms with Gasteiger partial charge in [-0.1, -0.05) is 35.3 Å². The fourth-order valence-corrected chi connectivity index (χ4v) is 2.30. The highest BCUT2D eigenvalue weighted by Gasteiger charge is 2.24. The Morgan fingerprint density at radius 2 is 2.06 bits per heavy atom. The van der Waals surface area contributed by atoms with Crippen LogP contribution in [0.1, 0.15) is 30.1 Å². The Morgan fingerprint density at radius 1 is 1.31 bits per heavy atom. The number of hydrogen-bond donors (Lipinski definition) is 0. The van der Waals surface area contributed by atoms with Gasteiger partial charge in [-0.3, -0.25) is 4.79 Å². The van der Waals surface area contributed by atoms with Crippen LogP contribution in [0.2, 0.25) is 10.0 Å². The van der Waals surface area contributed by atoms with Gasteiger partial charge in [0.2, 0.25) is 0 Å². The van der Waals surface area contributed by atoms with Gasteiger partial charge in [0.25, 0.3) is 0 Å². The third-order valence-electron chi connectivity index (χ3n) is 2.77. The molecule has 2 nitrogen and oxygen atoms in total. The van der Waals surface area contributed by atoms with E-state index in [1.54, 1.807) is 0 Å². The minimum Gasteiger partial charge on any atom is -0.373 e. The van der Waals surface area contributed by atoms with Gasteiger partial charge in [-0.05, 0) is 12.5 Å². The van der Waals surface area contributed by atoms with Crippen molar-refractivity contribution < 1.29 is 9.53 Å². The molecule has 1 fully saturated rings. The van der Waals surface area contributed by atoms with Crippen molar-refractivity contribution >= 4 is 29.0 Å². The van der Waals surface area contributed by atoms with Crippen LogP contribution < -0.4 is 0 Å². The van der Waals surface area contributed by atoms with E-state index in [4.69, 9.17) is 27.9 Å². The van der Waals surface area contributed by atoms with Crippen LogP contribution in [0.15, 0.2) is 12.1 Å². The van der Waals surface area contributed by atoms with Crippen molar-refractivity contribution in [2.75, 3.05) is 6.61 Å². The molecular formula is C12H12Cl2O2. The summed E-state index contributed by atoms with van der Waals surface area (Å²) in [4.78, 5) is 11.4. The quantitative estimate of drug-likeness (QED) is 0.768. The zero-order chi connectivity index (χ0) is 11.7. The second-order valence-electron chi connectivity index (χ2n) is 3.95. The molecule has 0 aromatic heterocycles. The van der Waals surface area contributed by atoms with Gasteiger partial charge in [0.15, 0.2) is 0 Å². The number of halogens is 2. The molecule has 1 heterocycles. The molecule has 0 aliphatic carbocycles. The molecule has 1 saturated heterocycles. The summed E-state index contributed by atoms with van der Waals surface area (Å²) in [7, 11) is 0. The molecule has 2 rings (SSSR count). The predicted molar refractivity (Wildman–Crippen MR) is 64.1 cm³/mol. The lowest BCUT2D eigenvalue weighted by molar-refractivity contribution is -0.128. The Hall–Kier alpha value is -0.570. The first-order valence-corrected chi connectivity index (χ1v) is 5.93. The summed E-state index contributed by atoms with van der Waals surface area (Å²) in [5.41, 5.74) is 1.74. The minimum absolute atomic E-state index is 0.212. The van der Waals surface area contributed by atoms with Crippen LogP contribution in [0, 0.1) is 6.92 Å². The molecule has 0 N–H and O–H groups in total. The molecule has 86 valence electrons. The average molecular weight is 259 g/mol. The smallest absolute Gasteiger partial charge is 0.138 e. The molecule has 4 heteroatoms. The summed E-state index contributed by atoms with van der Waals surface area (Å²) >= 11 is 12.2. The largest absolute Gasteiger partial charge is 0.373 e. The molecule has 1 aromatic carbocycles. The van der Waals surface area contributed by atoms with Crippen LogP contribution in [0.5, 0.6) is 0 Å². The van der Waals surface area contributed by atoms with Gasteiger partial charge >= 0.3 is 0 Å². The second kappa shape index (κ2) is 4.74. The van der Waals surface area contributed by atoms with Crippen LogP contribution in [-0.4, -0.2) is 12.4 Å². The molecule has 1 atom stereocenters. The molecule has 1 unspecified atom stereocenters. The first-order valence-electron chi connectivity index (χ1n) is 5.17. The number of carbonyl (C=O) groups excluding carboxylic acids is 1. The molecule has 0 bridgehead atoms. The maximum Gasteiger partial charge on any atom is 0.138 e. The Balaban J connectivity index is 2.33. The van der Waals surface area contributed by atoms with Crippen molar-refractivity contribution in [1.82, 2.24) is 0 Å². The standard InChI is InChI=1S/C12H12Cl2O2/c1-7-2-3-9(12(14)11(7)13)10-6-8(15)4-5-16-10/h2-3,10H,4-6H2,1H3. The third kappa shape index (κ3) is 2.24. The van der Waals surface area contributed by atoms with E-state index in [2.05, 4.69) is 0 Å². The minimum atomic E-state index is -0.244. The van der Waals surface area contributed by atoms with Gasteiger partial charge in [-0.15, -0.1) is 0 Å². The van der Waals surface area contributed by atoms with Crippen molar-refractivity contribution in [2.24, 2.45) is 0 Å². The van der Waals surface area contributed by atoms with Gasteiger partial charge in [-0.2, -0.15) is 0 Å². The Bertz CT molecular complexity index is 429. The molecular weight excluding hydrogens is 247 g/mol. The molecule has 16 heavy (non-hydrogen) atoms. The number of Topliss-reactive ketones (excluding diaryl/α,β-unsaturated/α-hetero) is 1. The summed E-state index contributed by atoms with van der Waals surface area (Å²) < 4.78 is 5.55. The van der Waals surface area contributed by atoms with Crippen molar-refractivity contribution in [3.63, 3.8) is 0 Å². The normalized spacial score (nSPS) is 21.2. The number of rotatable bonds is 1. The van der Waals surface area contributed by atoms with Crippen LogP contribution >= 0.6 is 23.2 Å². The van der Waals surface area contributed by atoms with E-state index in [9.17, 15) is 4.79 Å². The lowest BCUT2D eigenvalue weighted by Crippen LogP contribution is -2.19. The number of aryl methyl sites for hydroxylation is 1. The van der Waals surface area contributed by atoms with E-state index in [-0.39, 0.29) is 11.9 Å². The zero-order valence-corrected chi connectivity index (χ0v) is 10.4. The summed E-state index contributed by atoms with van der Waals surface area (Å²) in [6.07, 6.45) is 0.638. The molecule has 0 amide bonds. The third-order valence-corrected chi connectivity index (χ3v) is 3.76. The first kappa shape index (κ1) is 11.9. The second-order valence-corrected chi connectivity index (χ2v) is 4.71. The maximum absolute atomic E-state index is 11.4. The van der Waals surface area contributed by atoms with E-state index < -0.39 is 0 Å². The first-order chi connectivity index (χ1) is 7.59. The molecule has 0 saturated carbocycles. The predicted octanol–water partition coefficient (Wildman–Crippen LogP) is 3.72. The SMILES string of the molecule is Cc1ccc(C2CC(=O)CCO2)c(Cl)c1Cl. The highest BCUT2D eigenvalue weighted by Crippen LogP contribution is 2.36. The number of ether oxygens (including phenoxy) is 1. The summed E-state index contributed by atoms with van der Waals surface area (Å²) in [6.45, 7) is 2.36. The summed E-state index contributed by atoms with van der Waals surface area (Å²) in [6, 6.07) is 3.78. The van der Waals surface area contributed by atoms with E-state index in [0.29, 0.717) is 29.5 Å². The lowest BCUT2D eigenvalue weighted by Gasteiger charge is -2.23. The lowest BCUT2D eigenvalue weighted by atomic mass is 9.99. The van der Waals surface area contributed by atoms with Crippen molar-refractivity contribution in [2.45, 2.75) is 25.9 Å². The molecule has 0 radical (unpaired) electrons. The van der Waals surface area contributed by atoms with Crippen LogP contribution in [-0.2, 0) is 9.53 Å². The zero-order valence-electron chi connectivity index (χ0n) is 8.93. The topological polar surface area (TPSA) is 26.3 Å². The number of ketones is 1. The Kier molecular flexibility index (Phi) is 3.53. The van der Waals surface area contributed by atoms with Crippen LogP contribution in [0.4, 0.5) is 0 Å². The maximum atomic E-state index is 11.4. The molecule has 1 aromatic rings. The van der Waals surface area contributed by atoms with Crippen molar-refractivity contribution in [1.29, 1.82) is 0 Å². The molecule has 0 spiro atoms. The van der Waals surface area contributed by atoms with Gasteiger partial charge in [0.05, 0.1) is 22.8 Å². The highest BCUT2D eigenvalue weighted by atomic mass is 35.5. The van der Waals surface area contributed by atoms with Crippen molar-refractivity contribution in [3.05, 3.63) is 33.3 Å². The fourth-order valence-electron chi connectivity index (χ4n) is 1.79.